The number of allylic oxidation sites excluding steroid dienone is 2. The summed E-state index contributed by atoms with van der Waals surface area (Å²) in [6.07, 6.45) is 5.40. The smallest absolute Gasteiger partial charge is 0.323 e. The molecule has 0 saturated carbocycles. The van der Waals surface area contributed by atoms with Crippen LogP contribution in [0.15, 0.2) is 11.6 Å². The van der Waals surface area contributed by atoms with Gasteiger partial charge < -0.3 is 10.5 Å². The van der Waals surface area contributed by atoms with Crippen molar-refractivity contribution in [2.75, 3.05) is 6.61 Å². The van der Waals surface area contributed by atoms with Crippen molar-refractivity contribution in [3.63, 3.8) is 0 Å². The van der Waals surface area contributed by atoms with Gasteiger partial charge in [0, 0.05) is 0 Å². The van der Waals surface area contributed by atoms with E-state index in [1.807, 2.05) is 13.8 Å². The van der Waals surface area contributed by atoms with Gasteiger partial charge in [-0.25, -0.2) is 0 Å². The number of ether oxygens (including phenoxy) is 1. The van der Waals surface area contributed by atoms with E-state index >= 15 is 0 Å². The highest BCUT2D eigenvalue weighted by molar-refractivity contribution is 5.75. The van der Waals surface area contributed by atoms with Crippen LogP contribution in [0.5, 0.6) is 0 Å². The molecule has 0 radical (unpaired) electrons. The molecule has 0 spiro atoms. The normalized spacial score (nSPS) is 14.2. The molecule has 2 unspecified atom stereocenters. The third kappa shape index (κ3) is 8.29. The summed E-state index contributed by atoms with van der Waals surface area (Å²) in [7, 11) is 0. The van der Waals surface area contributed by atoms with Crippen LogP contribution in [0.25, 0.3) is 0 Å². The summed E-state index contributed by atoms with van der Waals surface area (Å²) in [4.78, 5) is 11.5. The van der Waals surface area contributed by atoms with Crippen LogP contribution in [0.1, 0.15) is 53.9 Å². The van der Waals surface area contributed by atoms with E-state index in [2.05, 4.69) is 26.8 Å². The lowest BCUT2D eigenvalue weighted by molar-refractivity contribution is -0.146. The molecule has 0 amide bonds. The van der Waals surface area contributed by atoms with Crippen molar-refractivity contribution in [2.24, 2.45) is 17.6 Å². The summed E-state index contributed by atoms with van der Waals surface area (Å²) in [5.41, 5.74) is 7.07. The van der Waals surface area contributed by atoms with Crippen molar-refractivity contribution in [1.29, 1.82) is 0 Å². The molecule has 2 atom stereocenters. The number of rotatable bonds is 8. The third-order valence-electron chi connectivity index (χ3n) is 3.06. The molecule has 0 bridgehead atoms. The minimum Gasteiger partial charge on any atom is -0.465 e. The Labute approximate surface area is 112 Å². The van der Waals surface area contributed by atoms with Crippen molar-refractivity contribution >= 4 is 5.97 Å². The average molecular weight is 255 g/mol. The molecule has 0 aromatic carbocycles. The van der Waals surface area contributed by atoms with E-state index in [1.165, 1.54) is 5.57 Å². The minimum absolute atomic E-state index is 0.132. The van der Waals surface area contributed by atoms with E-state index in [-0.39, 0.29) is 11.9 Å². The first-order valence-electron chi connectivity index (χ1n) is 6.90. The molecule has 2 N–H and O–H groups in total. The Hall–Kier alpha value is -0.830. The Bertz CT molecular complexity index is 268. The Morgan fingerprint density at radius 1 is 1.22 bits per heavy atom. The summed E-state index contributed by atoms with van der Waals surface area (Å²) in [6.45, 7) is 10.7. The van der Waals surface area contributed by atoms with E-state index in [0.717, 1.165) is 19.3 Å². The van der Waals surface area contributed by atoms with Gasteiger partial charge in [0.25, 0.3) is 0 Å². The monoisotopic (exact) mass is 255 g/mol. The summed E-state index contributed by atoms with van der Waals surface area (Å²) in [5.74, 6) is 0.428. The Morgan fingerprint density at radius 3 is 2.33 bits per heavy atom. The molecule has 0 aromatic heterocycles. The largest absolute Gasteiger partial charge is 0.465 e. The van der Waals surface area contributed by atoms with Crippen molar-refractivity contribution in [3.05, 3.63) is 11.6 Å². The minimum atomic E-state index is -0.494. The fraction of sp³-hybridized carbons (Fsp3) is 0.800. The number of hydrogen-bond acceptors (Lipinski definition) is 3. The van der Waals surface area contributed by atoms with Gasteiger partial charge >= 0.3 is 5.97 Å². The highest BCUT2D eigenvalue weighted by atomic mass is 16.5. The maximum Gasteiger partial charge on any atom is 0.323 e. The lowest BCUT2D eigenvalue weighted by atomic mass is 10.0. The first-order valence-corrected chi connectivity index (χ1v) is 6.90. The summed E-state index contributed by atoms with van der Waals surface area (Å²) in [6, 6.07) is -0.494. The zero-order valence-corrected chi connectivity index (χ0v) is 12.5. The van der Waals surface area contributed by atoms with Crippen LogP contribution in [-0.4, -0.2) is 18.6 Å². The maximum atomic E-state index is 11.5. The second-order valence-corrected chi connectivity index (χ2v) is 5.69. The van der Waals surface area contributed by atoms with Gasteiger partial charge in [0.2, 0.25) is 0 Å². The Balaban J connectivity index is 3.71. The predicted molar refractivity (Wildman–Crippen MR) is 76.2 cm³/mol. The van der Waals surface area contributed by atoms with E-state index in [4.69, 9.17) is 10.5 Å². The maximum absolute atomic E-state index is 11.5. The summed E-state index contributed by atoms with van der Waals surface area (Å²) < 4.78 is 5.18. The van der Waals surface area contributed by atoms with E-state index in [1.54, 1.807) is 0 Å². The standard InChI is InChI=1S/C15H29NO2/c1-11(2)7-6-8-13(5)9-10-18-15(17)14(16)12(3)4/h7,12-14H,6,8-10,16H2,1-5H3. The fourth-order valence-electron chi connectivity index (χ4n) is 1.53. The lowest BCUT2D eigenvalue weighted by Gasteiger charge is -2.15. The van der Waals surface area contributed by atoms with Crippen LogP contribution in [0, 0.1) is 11.8 Å². The van der Waals surface area contributed by atoms with Gasteiger partial charge in [0.05, 0.1) is 6.61 Å². The highest BCUT2D eigenvalue weighted by Crippen LogP contribution is 2.12. The zero-order chi connectivity index (χ0) is 14.1. The van der Waals surface area contributed by atoms with Gasteiger partial charge in [0.15, 0.2) is 0 Å². The first kappa shape index (κ1) is 17.2. The third-order valence-corrected chi connectivity index (χ3v) is 3.06. The summed E-state index contributed by atoms with van der Waals surface area (Å²) in [5, 5.41) is 0. The van der Waals surface area contributed by atoms with Crippen LogP contribution in [0.3, 0.4) is 0 Å². The van der Waals surface area contributed by atoms with Gasteiger partial charge in [-0.1, -0.05) is 32.4 Å². The molecular weight excluding hydrogens is 226 g/mol. The molecule has 0 aromatic rings. The molecule has 0 aliphatic carbocycles. The summed E-state index contributed by atoms with van der Waals surface area (Å²) >= 11 is 0. The lowest BCUT2D eigenvalue weighted by Crippen LogP contribution is -2.37. The quantitative estimate of drug-likeness (QED) is 0.535. The highest BCUT2D eigenvalue weighted by Gasteiger charge is 2.18. The van der Waals surface area contributed by atoms with Crippen LogP contribution in [-0.2, 0) is 9.53 Å². The second kappa shape index (κ2) is 9.15. The van der Waals surface area contributed by atoms with Crippen molar-refractivity contribution in [2.45, 2.75) is 59.9 Å². The number of carbonyl (C=O) groups excluding carboxylic acids is 1. The van der Waals surface area contributed by atoms with E-state index < -0.39 is 6.04 Å². The molecule has 0 heterocycles. The molecule has 0 fully saturated rings. The van der Waals surface area contributed by atoms with Crippen LogP contribution < -0.4 is 5.73 Å². The molecule has 3 nitrogen and oxygen atoms in total. The van der Waals surface area contributed by atoms with E-state index in [9.17, 15) is 4.79 Å². The molecule has 0 saturated heterocycles. The molecule has 18 heavy (non-hydrogen) atoms. The Morgan fingerprint density at radius 2 is 1.83 bits per heavy atom. The van der Waals surface area contributed by atoms with Crippen molar-refractivity contribution in [3.8, 4) is 0 Å². The molecule has 0 aliphatic rings. The first-order chi connectivity index (χ1) is 8.34. The topological polar surface area (TPSA) is 52.3 Å². The second-order valence-electron chi connectivity index (χ2n) is 5.69. The van der Waals surface area contributed by atoms with Gasteiger partial charge in [0.1, 0.15) is 6.04 Å². The molecule has 0 rings (SSSR count). The van der Waals surface area contributed by atoms with Gasteiger partial charge in [-0.2, -0.15) is 0 Å². The van der Waals surface area contributed by atoms with Crippen LogP contribution in [0.4, 0.5) is 0 Å². The zero-order valence-electron chi connectivity index (χ0n) is 12.5. The van der Waals surface area contributed by atoms with E-state index in [0.29, 0.717) is 12.5 Å². The van der Waals surface area contributed by atoms with Gasteiger partial charge in [-0.15, -0.1) is 0 Å². The SMILES string of the molecule is CC(C)=CCCC(C)CCOC(=O)C(N)C(C)C. The number of esters is 1. The van der Waals surface area contributed by atoms with Crippen LogP contribution in [0.2, 0.25) is 0 Å². The fourth-order valence-corrected chi connectivity index (χ4v) is 1.53. The molecule has 3 heteroatoms. The molecular formula is C15H29NO2. The molecule has 0 aliphatic heterocycles. The van der Waals surface area contributed by atoms with Gasteiger partial charge in [-0.3, -0.25) is 4.79 Å². The van der Waals surface area contributed by atoms with Crippen molar-refractivity contribution in [1.82, 2.24) is 0 Å². The van der Waals surface area contributed by atoms with Gasteiger partial charge in [-0.05, 0) is 44.9 Å². The Kier molecular flexibility index (Phi) is 8.73. The number of carbonyl (C=O) groups is 1. The average Bonchev–Trinajstić information content (AvgIpc) is 2.27. The van der Waals surface area contributed by atoms with Crippen molar-refractivity contribution < 1.29 is 9.53 Å². The van der Waals surface area contributed by atoms with Crippen LogP contribution >= 0.6 is 0 Å². The predicted octanol–water partition coefficient (Wildman–Crippen LogP) is 3.29. The molecule has 106 valence electrons. The number of hydrogen-bond donors (Lipinski definition) is 1. The number of nitrogens with two attached hydrogens (primary N) is 1.